The number of anilines is 2. The molecule has 0 heterocycles. The van der Waals surface area contributed by atoms with Crippen LogP contribution in [0.25, 0.3) is 0 Å². The summed E-state index contributed by atoms with van der Waals surface area (Å²) in [5, 5.41) is 5.22. The van der Waals surface area contributed by atoms with E-state index in [9.17, 15) is 22.8 Å². The van der Waals surface area contributed by atoms with Gasteiger partial charge in [-0.05, 0) is 60.3 Å². The van der Waals surface area contributed by atoms with Crippen LogP contribution in [-0.4, -0.2) is 17.3 Å². The maximum Gasteiger partial charge on any atom is 0.446 e. The third-order valence-corrected chi connectivity index (χ3v) is 3.55. The van der Waals surface area contributed by atoms with Crippen molar-refractivity contribution in [1.82, 2.24) is 0 Å². The standard InChI is InChI=1S/C16H13F3N2O2S/c1-10(22)20-12-4-6-13(7-5-12)21-15(23)11-2-8-14(9-3-11)24-16(17,18)19/h2-9H,1H3,(H,20,22)(H,21,23). The van der Waals surface area contributed by atoms with Crippen LogP contribution in [0.1, 0.15) is 17.3 Å². The zero-order chi connectivity index (χ0) is 17.7. The minimum absolute atomic E-state index is 0.0127. The molecule has 8 heteroatoms. The van der Waals surface area contributed by atoms with Gasteiger partial charge in [0.1, 0.15) is 0 Å². The van der Waals surface area contributed by atoms with E-state index in [-0.39, 0.29) is 28.1 Å². The van der Waals surface area contributed by atoms with Gasteiger partial charge in [-0.1, -0.05) is 0 Å². The molecule has 0 aliphatic heterocycles. The highest BCUT2D eigenvalue weighted by Crippen LogP contribution is 2.36. The number of hydrogen-bond acceptors (Lipinski definition) is 3. The number of halogens is 3. The Bertz CT molecular complexity index is 728. The zero-order valence-electron chi connectivity index (χ0n) is 12.5. The summed E-state index contributed by atoms with van der Waals surface area (Å²) >= 11 is -0.235. The highest BCUT2D eigenvalue weighted by molar-refractivity contribution is 8.00. The van der Waals surface area contributed by atoms with Gasteiger partial charge in [0.25, 0.3) is 5.91 Å². The summed E-state index contributed by atoms with van der Waals surface area (Å²) in [6.45, 7) is 1.39. The molecule has 0 saturated heterocycles. The van der Waals surface area contributed by atoms with Crippen LogP contribution in [0.4, 0.5) is 24.5 Å². The molecular formula is C16H13F3N2O2S. The number of benzene rings is 2. The molecule has 0 bridgehead atoms. The van der Waals surface area contributed by atoms with Gasteiger partial charge < -0.3 is 10.6 Å². The molecular weight excluding hydrogens is 341 g/mol. The van der Waals surface area contributed by atoms with E-state index >= 15 is 0 Å². The lowest BCUT2D eigenvalue weighted by Crippen LogP contribution is -2.12. The van der Waals surface area contributed by atoms with E-state index in [1.807, 2.05) is 0 Å². The molecule has 0 fully saturated rings. The summed E-state index contributed by atoms with van der Waals surface area (Å²) in [5.74, 6) is -0.644. The van der Waals surface area contributed by atoms with Gasteiger partial charge in [0.2, 0.25) is 5.91 Å². The molecule has 0 atom stereocenters. The highest BCUT2D eigenvalue weighted by atomic mass is 32.2. The van der Waals surface area contributed by atoms with Crippen molar-refractivity contribution in [1.29, 1.82) is 0 Å². The first-order chi connectivity index (χ1) is 11.2. The van der Waals surface area contributed by atoms with Crippen LogP contribution in [-0.2, 0) is 4.79 Å². The van der Waals surface area contributed by atoms with Gasteiger partial charge in [0, 0.05) is 28.8 Å². The van der Waals surface area contributed by atoms with Crippen LogP contribution in [0.2, 0.25) is 0 Å². The molecule has 2 aromatic rings. The van der Waals surface area contributed by atoms with Crippen LogP contribution in [0, 0.1) is 0 Å². The molecule has 0 saturated carbocycles. The van der Waals surface area contributed by atoms with E-state index < -0.39 is 11.4 Å². The topological polar surface area (TPSA) is 58.2 Å². The fourth-order valence-electron chi connectivity index (χ4n) is 1.85. The monoisotopic (exact) mass is 354 g/mol. The number of carbonyl (C=O) groups excluding carboxylic acids is 2. The molecule has 2 aromatic carbocycles. The second kappa shape index (κ2) is 7.39. The van der Waals surface area contributed by atoms with Gasteiger partial charge in [0.05, 0.1) is 0 Å². The molecule has 24 heavy (non-hydrogen) atoms. The smallest absolute Gasteiger partial charge is 0.326 e. The first-order valence-electron chi connectivity index (χ1n) is 6.78. The summed E-state index contributed by atoms with van der Waals surface area (Å²) in [6.07, 6.45) is 0. The van der Waals surface area contributed by atoms with Crippen molar-refractivity contribution < 1.29 is 22.8 Å². The van der Waals surface area contributed by atoms with E-state index in [0.717, 1.165) is 0 Å². The van der Waals surface area contributed by atoms with Crippen LogP contribution < -0.4 is 10.6 Å². The highest BCUT2D eigenvalue weighted by Gasteiger charge is 2.29. The number of rotatable bonds is 4. The normalized spacial score (nSPS) is 11.0. The minimum Gasteiger partial charge on any atom is -0.326 e. The molecule has 0 aromatic heterocycles. The third kappa shape index (κ3) is 5.62. The van der Waals surface area contributed by atoms with E-state index in [4.69, 9.17) is 0 Å². The summed E-state index contributed by atoms with van der Waals surface area (Å²) in [7, 11) is 0. The Morgan fingerprint density at radius 1 is 0.875 bits per heavy atom. The predicted octanol–water partition coefficient (Wildman–Crippen LogP) is 4.51. The largest absolute Gasteiger partial charge is 0.446 e. The number of nitrogens with one attached hydrogen (secondary N) is 2. The van der Waals surface area contributed by atoms with Crippen LogP contribution in [0.5, 0.6) is 0 Å². The van der Waals surface area contributed by atoms with E-state index in [1.54, 1.807) is 24.3 Å². The van der Waals surface area contributed by atoms with Crippen LogP contribution in [0.3, 0.4) is 0 Å². The van der Waals surface area contributed by atoms with E-state index in [1.165, 1.54) is 31.2 Å². The van der Waals surface area contributed by atoms with Gasteiger partial charge in [-0.25, -0.2) is 0 Å². The Hall–Kier alpha value is -2.48. The molecule has 126 valence electrons. The number of thioether (sulfide) groups is 1. The Morgan fingerprint density at radius 2 is 1.38 bits per heavy atom. The first kappa shape index (κ1) is 17.9. The van der Waals surface area contributed by atoms with Crippen LogP contribution >= 0.6 is 11.8 Å². The SMILES string of the molecule is CC(=O)Nc1ccc(NC(=O)c2ccc(SC(F)(F)F)cc2)cc1. The zero-order valence-corrected chi connectivity index (χ0v) is 13.3. The summed E-state index contributed by atoms with van der Waals surface area (Å²) in [4.78, 5) is 23.0. The average Bonchev–Trinajstić information content (AvgIpc) is 2.48. The van der Waals surface area contributed by atoms with Crippen molar-refractivity contribution in [2.45, 2.75) is 17.3 Å². The molecule has 0 aliphatic carbocycles. The Morgan fingerprint density at radius 3 is 1.83 bits per heavy atom. The van der Waals surface area contributed by atoms with Crippen molar-refractivity contribution in [3.63, 3.8) is 0 Å². The Balaban J connectivity index is 2.00. The molecule has 2 rings (SSSR count). The fraction of sp³-hybridized carbons (Fsp3) is 0.125. The van der Waals surface area contributed by atoms with Crippen molar-refractivity contribution in [2.24, 2.45) is 0 Å². The number of amides is 2. The second-order valence-corrected chi connectivity index (χ2v) is 5.92. The van der Waals surface area contributed by atoms with Crippen LogP contribution in [0.15, 0.2) is 53.4 Å². The first-order valence-corrected chi connectivity index (χ1v) is 7.59. The summed E-state index contributed by atoms with van der Waals surface area (Å²) in [6, 6.07) is 11.6. The van der Waals surface area contributed by atoms with Gasteiger partial charge in [-0.3, -0.25) is 9.59 Å². The fourth-order valence-corrected chi connectivity index (χ4v) is 2.39. The van der Waals surface area contributed by atoms with Crippen molar-refractivity contribution in [3.8, 4) is 0 Å². The number of carbonyl (C=O) groups is 2. The second-order valence-electron chi connectivity index (χ2n) is 4.78. The lowest BCUT2D eigenvalue weighted by Gasteiger charge is -2.08. The van der Waals surface area contributed by atoms with E-state index in [0.29, 0.717) is 11.4 Å². The van der Waals surface area contributed by atoms with Gasteiger partial charge >= 0.3 is 5.51 Å². The maximum atomic E-state index is 12.3. The molecule has 0 unspecified atom stereocenters. The van der Waals surface area contributed by atoms with Crippen molar-refractivity contribution in [2.75, 3.05) is 10.6 Å². The van der Waals surface area contributed by atoms with Crippen molar-refractivity contribution >= 4 is 35.0 Å². The molecule has 0 radical (unpaired) electrons. The van der Waals surface area contributed by atoms with Gasteiger partial charge in [-0.15, -0.1) is 0 Å². The predicted molar refractivity (Wildman–Crippen MR) is 87.1 cm³/mol. The lowest BCUT2D eigenvalue weighted by atomic mass is 10.2. The molecule has 4 nitrogen and oxygen atoms in total. The quantitative estimate of drug-likeness (QED) is 0.795. The molecule has 0 spiro atoms. The lowest BCUT2D eigenvalue weighted by molar-refractivity contribution is -0.114. The number of hydrogen-bond donors (Lipinski definition) is 2. The Labute approximate surface area is 140 Å². The maximum absolute atomic E-state index is 12.3. The molecule has 2 N–H and O–H groups in total. The molecule has 0 aliphatic rings. The summed E-state index contributed by atoms with van der Waals surface area (Å²) < 4.78 is 36.8. The van der Waals surface area contributed by atoms with Crippen molar-refractivity contribution in [3.05, 3.63) is 54.1 Å². The average molecular weight is 354 g/mol. The molecule has 2 amide bonds. The number of alkyl halides is 3. The van der Waals surface area contributed by atoms with Gasteiger partial charge in [-0.2, -0.15) is 13.2 Å². The summed E-state index contributed by atoms with van der Waals surface area (Å²) in [5.41, 5.74) is -3.02. The van der Waals surface area contributed by atoms with E-state index in [2.05, 4.69) is 10.6 Å². The minimum atomic E-state index is -4.36. The Kier molecular flexibility index (Phi) is 5.50. The van der Waals surface area contributed by atoms with Gasteiger partial charge in [0.15, 0.2) is 0 Å². The third-order valence-electron chi connectivity index (χ3n) is 2.81.